The molecule has 0 heterocycles. The number of hydrogen-bond acceptors (Lipinski definition) is 0. The Morgan fingerprint density at radius 1 is 0.240 bits per heavy atom. The third kappa shape index (κ3) is 6.98. The van der Waals surface area contributed by atoms with E-state index in [2.05, 4.69) is 170 Å². The molecule has 246 valence electrons. The Labute approximate surface area is 299 Å². The van der Waals surface area contributed by atoms with E-state index < -0.39 is 15.8 Å². The monoisotopic (exact) mass is 682 g/mol. The van der Waals surface area contributed by atoms with Crippen molar-refractivity contribution < 1.29 is 0 Å². The van der Waals surface area contributed by atoms with Gasteiger partial charge in [-0.1, -0.05) is 196 Å². The van der Waals surface area contributed by atoms with Crippen LogP contribution in [0.2, 0.25) is 0 Å². The van der Waals surface area contributed by atoms with E-state index in [-0.39, 0.29) is 0 Å². The third-order valence-corrected chi connectivity index (χ3v) is 15.7. The summed E-state index contributed by atoms with van der Waals surface area (Å²) in [5, 5.41) is 17.2. The van der Waals surface area contributed by atoms with Gasteiger partial charge in [-0.25, -0.2) is 0 Å². The van der Waals surface area contributed by atoms with E-state index >= 15 is 0 Å². The van der Waals surface area contributed by atoms with Gasteiger partial charge in [-0.2, -0.15) is 0 Å². The molecule has 0 atom stereocenters. The molecule has 0 bridgehead atoms. The maximum atomic E-state index is 2.40. The predicted molar refractivity (Wildman–Crippen MR) is 226 cm³/mol. The molecule has 50 heavy (non-hydrogen) atoms. The lowest BCUT2D eigenvalue weighted by Gasteiger charge is -2.23. The zero-order valence-electron chi connectivity index (χ0n) is 28.7. The minimum atomic E-state index is -0.465. The Bertz CT molecular complexity index is 2030. The Hall–Kier alpha value is -4.34. The largest absolute Gasteiger partial charge is 0.0616 e. The summed E-state index contributed by atoms with van der Waals surface area (Å²) in [5.74, 6) is 0. The zero-order valence-corrected chi connectivity index (χ0v) is 30.5. The lowest BCUT2D eigenvalue weighted by Crippen LogP contribution is -2.16. The van der Waals surface area contributed by atoms with Crippen molar-refractivity contribution in [3.63, 3.8) is 0 Å². The first-order valence-corrected chi connectivity index (χ1v) is 21.4. The van der Waals surface area contributed by atoms with Gasteiger partial charge in [-0.05, 0) is 105 Å². The van der Waals surface area contributed by atoms with E-state index in [1.807, 2.05) is 0 Å². The molecule has 8 aromatic carbocycles. The van der Waals surface area contributed by atoms with E-state index in [1.165, 1.54) is 115 Å². The molecule has 0 N–H and O–H groups in total. The first-order chi connectivity index (χ1) is 24.8. The maximum absolute atomic E-state index is 2.40. The molecule has 0 nitrogen and oxygen atoms in total. The van der Waals surface area contributed by atoms with Crippen LogP contribution in [0, 0.1) is 0 Å². The summed E-state index contributed by atoms with van der Waals surface area (Å²) in [6.07, 6.45) is 10.3. The summed E-state index contributed by atoms with van der Waals surface area (Å²) < 4.78 is 0. The summed E-state index contributed by atoms with van der Waals surface area (Å²) in [6.45, 7) is 0. The van der Waals surface area contributed by atoms with Gasteiger partial charge in [0, 0.05) is 0 Å². The van der Waals surface area contributed by atoms with E-state index in [9.17, 15) is 0 Å². The van der Waals surface area contributed by atoms with Crippen LogP contribution < -0.4 is 21.2 Å². The molecule has 0 amide bonds. The molecule has 0 radical (unpaired) electrons. The highest BCUT2D eigenvalue weighted by Gasteiger charge is 2.20. The number of benzene rings is 8. The molecule has 0 aromatic heterocycles. The van der Waals surface area contributed by atoms with Gasteiger partial charge in [0.25, 0.3) is 0 Å². The molecule has 0 saturated heterocycles. The quantitative estimate of drug-likeness (QED) is 0.0839. The average Bonchev–Trinajstić information content (AvgIpc) is 3.18. The summed E-state index contributed by atoms with van der Waals surface area (Å²) in [4.78, 5) is 0. The van der Waals surface area contributed by atoms with E-state index in [0.717, 1.165) is 0 Å². The van der Waals surface area contributed by atoms with Gasteiger partial charge >= 0.3 is 0 Å². The normalized spacial score (nSPS) is 11.8. The van der Waals surface area contributed by atoms with Crippen molar-refractivity contribution in [1.82, 2.24) is 0 Å². The van der Waals surface area contributed by atoms with Gasteiger partial charge in [0.05, 0.1) is 0 Å². The van der Waals surface area contributed by atoms with Crippen molar-refractivity contribution >= 4 is 80.2 Å². The standard InChI is InChI=1S/C48H44P2/c1(3-13-35-49(45-31-15-23-37-19-5-9-27-41(37)45)46-32-16-24-38-20-6-10-28-42(38)46)2-4-14-36-50(47-33-17-25-39-21-7-11-29-43(39)47)48-34-18-26-40-22-8-12-30-44(40)48/h5-12,15-34H,1-4,13-14,35-36H2. The molecular weight excluding hydrogens is 638 g/mol. The first-order valence-electron chi connectivity index (χ1n) is 18.3. The van der Waals surface area contributed by atoms with E-state index in [0.29, 0.717) is 0 Å². The smallest absolute Gasteiger partial charge is 0.0104 e. The molecule has 0 spiro atoms. The number of rotatable bonds is 13. The van der Waals surface area contributed by atoms with Crippen molar-refractivity contribution in [2.75, 3.05) is 12.3 Å². The van der Waals surface area contributed by atoms with Crippen molar-refractivity contribution in [2.24, 2.45) is 0 Å². The molecule has 2 heteroatoms. The predicted octanol–water partition coefficient (Wildman–Crippen LogP) is 12.2. The Kier molecular flexibility index (Phi) is 10.3. The number of fused-ring (bicyclic) bond motifs is 4. The van der Waals surface area contributed by atoms with Crippen LogP contribution >= 0.6 is 15.8 Å². The molecule has 0 fully saturated rings. The van der Waals surface area contributed by atoms with Gasteiger partial charge in [0.1, 0.15) is 0 Å². The van der Waals surface area contributed by atoms with Gasteiger partial charge in [0.15, 0.2) is 0 Å². The van der Waals surface area contributed by atoms with Crippen molar-refractivity contribution in [1.29, 1.82) is 0 Å². The van der Waals surface area contributed by atoms with Crippen molar-refractivity contribution in [2.45, 2.75) is 38.5 Å². The Morgan fingerprint density at radius 3 is 0.780 bits per heavy atom. The molecule has 0 aliphatic heterocycles. The highest BCUT2D eigenvalue weighted by molar-refractivity contribution is 7.74. The molecule has 8 rings (SSSR count). The lowest BCUT2D eigenvalue weighted by atomic mass is 10.1. The number of unbranched alkanes of at least 4 members (excludes halogenated alkanes) is 5. The van der Waals surface area contributed by atoms with Crippen LogP contribution in [0.3, 0.4) is 0 Å². The van der Waals surface area contributed by atoms with Crippen LogP contribution in [0.15, 0.2) is 170 Å². The summed E-state index contributed by atoms with van der Waals surface area (Å²) >= 11 is 0. The minimum Gasteiger partial charge on any atom is -0.0616 e. The van der Waals surface area contributed by atoms with Gasteiger partial charge in [-0.15, -0.1) is 0 Å². The van der Waals surface area contributed by atoms with Crippen molar-refractivity contribution in [3.05, 3.63) is 170 Å². The SMILES string of the molecule is c1ccc2c(P(CCCCCCCCP(c3cccc4ccccc34)c3cccc4ccccc34)c3cccc4ccccc34)cccc2c1. The van der Waals surface area contributed by atoms with Gasteiger partial charge in [0.2, 0.25) is 0 Å². The maximum Gasteiger partial charge on any atom is -0.0104 e. The molecule has 0 aliphatic rings. The molecule has 0 saturated carbocycles. The topological polar surface area (TPSA) is 0 Å². The summed E-state index contributed by atoms with van der Waals surface area (Å²) in [7, 11) is -0.930. The van der Waals surface area contributed by atoms with Crippen LogP contribution in [0.5, 0.6) is 0 Å². The van der Waals surface area contributed by atoms with Crippen molar-refractivity contribution in [3.8, 4) is 0 Å². The van der Waals surface area contributed by atoms with Gasteiger partial charge in [-0.3, -0.25) is 0 Å². The Balaban J connectivity index is 0.951. The van der Waals surface area contributed by atoms with E-state index in [1.54, 1.807) is 0 Å². The summed E-state index contributed by atoms with van der Waals surface area (Å²) in [6, 6.07) is 63.6. The summed E-state index contributed by atoms with van der Waals surface area (Å²) in [5.41, 5.74) is 0. The Morgan fingerprint density at radius 2 is 0.480 bits per heavy atom. The van der Waals surface area contributed by atoms with Crippen LogP contribution in [0.25, 0.3) is 43.1 Å². The van der Waals surface area contributed by atoms with Gasteiger partial charge < -0.3 is 0 Å². The van der Waals surface area contributed by atoms with E-state index in [4.69, 9.17) is 0 Å². The minimum absolute atomic E-state index is 0.465. The second-order valence-electron chi connectivity index (χ2n) is 13.4. The third-order valence-electron chi connectivity index (χ3n) is 10.2. The second kappa shape index (κ2) is 15.7. The van der Waals surface area contributed by atoms with Crippen LogP contribution in [0.1, 0.15) is 38.5 Å². The average molecular weight is 683 g/mol. The van der Waals surface area contributed by atoms with Crippen LogP contribution in [-0.2, 0) is 0 Å². The van der Waals surface area contributed by atoms with Crippen LogP contribution in [0.4, 0.5) is 0 Å². The fourth-order valence-electron chi connectivity index (χ4n) is 7.76. The fraction of sp³-hybridized carbons (Fsp3) is 0.167. The molecule has 8 aromatic rings. The molecule has 0 unspecified atom stereocenters. The molecule has 0 aliphatic carbocycles. The highest BCUT2D eigenvalue weighted by atomic mass is 31.1. The second-order valence-corrected chi connectivity index (χ2v) is 18.0. The zero-order chi connectivity index (χ0) is 33.5. The lowest BCUT2D eigenvalue weighted by molar-refractivity contribution is 0.628. The van der Waals surface area contributed by atoms with Crippen LogP contribution in [-0.4, -0.2) is 12.3 Å². The fourth-order valence-corrected chi connectivity index (χ4v) is 13.4. The first kappa shape index (κ1) is 32.8. The number of hydrogen-bond donors (Lipinski definition) is 0. The molecular formula is C48H44P2. The highest BCUT2D eigenvalue weighted by Crippen LogP contribution is 2.41.